The van der Waals surface area contributed by atoms with Gasteiger partial charge in [-0.25, -0.2) is 0 Å². The average Bonchev–Trinajstić information content (AvgIpc) is 2.69. The number of pyridine rings is 1. The van der Waals surface area contributed by atoms with E-state index in [1.807, 2.05) is 13.8 Å². The molecule has 32 heavy (non-hydrogen) atoms. The van der Waals surface area contributed by atoms with Crippen LogP contribution in [0.25, 0.3) is 0 Å². The molecule has 1 aromatic heterocycles. The van der Waals surface area contributed by atoms with Crippen LogP contribution in [0.5, 0.6) is 0 Å². The number of aromatic nitrogens is 1. The molecule has 0 spiro atoms. The largest absolute Gasteiger partial charge is 0.412 e. The van der Waals surface area contributed by atoms with Crippen LogP contribution < -0.4 is 0 Å². The lowest BCUT2D eigenvalue weighted by atomic mass is 9.71. The highest BCUT2D eigenvalue weighted by Crippen LogP contribution is 2.46. The van der Waals surface area contributed by atoms with Crippen LogP contribution in [-0.4, -0.2) is 29.2 Å². The third-order valence-corrected chi connectivity index (χ3v) is 6.46. The normalized spacial score (nSPS) is 21.7. The molecule has 176 valence electrons. The summed E-state index contributed by atoms with van der Waals surface area (Å²) < 4.78 is 44.6. The molecule has 3 rings (SSSR count). The number of carbonyl (C=O) groups excluding carboxylic acids is 1. The maximum atomic E-state index is 13.7. The van der Waals surface area contributed by atoms with E-state index < -0.39 is 24.0 Å². The van der Waals surface area contributed by atoms with Gasteiger partial charge in [-0.2, -0.15) is 13.2 Å². The van der Waals surface area contributed by atoms with Gasteiger partial charge in [-0.05, 0) is 49.5 Å². The number of carbonyl (C=O) groups is 1. The molecule has 1 N–H and O–H groups in total. The quantitative estimate of drug-likeness (QED) is 0.533. The number of rotatable bonds is 5. The zero-order chi connectivity index (χ0) is 24.0. The molecule has 1 heterocycles. The first kappa shape index (κ1) is 24.6. The highest BCUT2D eigenvalue weighted by Gasteiger charge is 2.39. The summed E-state index contributed by atoms with van der Waals surface area (Å²) in [5.41, 5.74) is 2.58. The summed E-state index contributed by atoms with van der Waals surface area (Å²) in [4.78, 5) is 18.5. The molecule has 0 fully saturated rings. The number of Topliss-reactive ketones (excluding diaryl/α,β-unsaturated/α-hetero) is 1. The number of ether oxygens (including phenoxy) is 1. The van der Waals surface area contributed by atoms with Gasteiger partial charge in [0.1, 0.15) is 0 Å². The summed E-state index contributed by atoms with van der Waals surface area (Å²) in [5.74, 6) is -0.424. The first-order valence-electron chi connectivity index (χ1n) is 11.1. The molecule has 0 saturated heterocycles. The van der Waals surface area contributed by atoms with Crippen LogP contribution in [0.1, 0.15) is 105 Å². The van der Waals surface area contributed by atoms with Gasteiger partial charge in [0.15, 0.2) is 5.78 Å². The summed E-state index contributed by atoms with van der Waals surface area (Å²) in [6.07, 6.45) is -2.37. The van der Waals surface area contributed by atoms with Crippen LogP contribution in [0, 0.1) is 5.41 Å². The zero-order valence-electron chi connectivity index (χ0n) is 19.6. The number of ketones is 1. The van der Waals surface area contributed by atoms with E-state index >= 15 is 0 Å². The van der Waals surface area contributed by atoms with Gasteiger partial charge >= 0.3 is 6.18 Å². The number of aliphatic hydroxyl groups excluding tert-OH is 1. The van der Waals surface area contributed by atoms with Crippen LogP contribution in [0.3, 0.4) is 0 Å². The van der Waals surface area contributed by atoms with Crippen molar-refractivity contribution in [2.45, 2.75) is 84.6 Å². The van der Waals surface area contributed by atoms with E-state index in [2.05, 4.69) is 13.8 Å². The highest BCUT2D eigenvalue weighted by atomic mass is 19.4. The molecule has 0 aliphatic heterocycles. The number of hydrogen-bond donors (Lipinski definition) is 1. The number of hydrogen-bond acceptors (Lipinski definition) is 4. The number of fused-ring (bicyclic) bond motifs is 1. The first-order chi connectivity index (χ1) is 14.8. The smallest absolute Gasteiger partial charge is 0.388 e. The Morgan fingerprint density at radius 1 is 1.22 bits per heavy atom. The Hall–Kier alpha value is -1.99. The summed E-state index contributed by atoms with van der Waals surface area (Å²) in [6.45, 7) is 9.86. The van der Waals surface area contributed by atoms with Crippen molar-refractivity contribution in [3.63, 3.8) is 0 Å². The lowest BCUT2D eigenvalue weighted by molar-refractivity contribution is -0.0941. The minimum absolute atomic E-state index is 0.00911. The topological polar surface area (TPSA) is 59.4 Å². The molecule has 1 unspecified atom stereocenters. The monoisotopic (exact) mass is 451 g/mol. The fourth-order valence-electron chi connectivity index (χ4n) is 4.81. The van der Waals surface area contributed by atoms with Crippen molar-refractivity contribution in [2.75, 3.05) is 7.11 Å². The third kappa shape index (κ3) is 4.69. The molecule has 1 aromatic rings. The van der Waals surface area contributed by atoms with Crippen molar-refractivity contribution in [1.82, 2.24) is 4.98 Å². The summed E-state index contributed by atoms with van der Waals surface area (Å²) in [5, 5.41) is 11.0. The Kier molecular flexibility index (Phi) is 6.74. The predicted molar refractivity (Wildman–Crippen MR) is 117 cm³/mol. The van der Waals surface area contributed by atoms with E-state index in [0.29, 0.717) is 35.2 Å². The lowest BCUT2D eigenvalue weighted by Crippen LogP contribution is -2.30. The second kappa shape index (κ2) is 8.75. The van der Waals surface area contributed by atoms with Crippen LogP contribution >= 0.6 is 0 Å². The lowest BCUT2D eigenvalue weighted by Gasteiger charge is -2.37. The maximum absolute atomic E-state index is 13.7. The maximum Gasteiger partial charge on any atom is 0.412 e. The standard InChI is InChI=1S/C25H32F3NO3/c1-13(2)19-20-17(11-24(4,5)12-18(20)30)29-22(14(3)32-6)21(19)23(31)15-7-9-16(10-8-15)25(26,27)28/h7,9,13-14,18,30H,8,10-12H2,1-6H3/t14?,18-/m0/s1. The van der Waals surface area contributed by atoms with Gasteiger partial charge in [0.05, 0.1) is 23.5 Å². The van der Waals surface area contributed by atoms with Crippen LogP contribution in [0.4, 0.5) is 13.2 Å². The summed E-state index contributed by atoms with van der Waals surface area (Å²) in [6, 6.07) is 0. The van der Waals surface area contributed by atoms with Crippen molar-refractivity contribution in [3.8, 4) is 0 Å². The van der Waals surface area contributed by atoms with E-state index in [1.54, 1.807) is 6.92 Å². The van der Waals surface area contributed by atoms with E-state index in [-0.39, 0.29) is 30.0 Å². The zero-order valence-corrected chi connectivity index (χ0v) is 19.6. The fraction of sp³-hybridized carbons (Fsp3) is 0.600. The number of alkyl halides is 3. The van der Waals surface area contributed by atoms with Crippen molar-refractivity contribution in [1.29, 1.82) is 0 Å². The molecule has 7 heteroatoms. The molecule has 2 atom stereocenters. The van der Waals surface area contributed by atoms with Crippen molar-refractivity contribution in [2.24, 2.45) is 5.41 Å². The number of methoxy groups -OCH3 is 1. The molecule has 2 aliphatic carbocycles. The van der Waals surface area contributed by atoms with E-state index in [0.717, 1.165) is 17.3 Å². The van der Waals surface area contributed by atoms with Crippen molar-refractivity contribution < 1.29 is 27.8 Å². The molecular weight excluding hydrogens is 419 g/mol. The number of nitrogens with zero attached hydrogens (tertiary/aromatic N) is 1. The van der Waals surface area contributed by atoms with Crippen LogP contribution in [0.15, 0.2) is 23.3 Å². The van der Waals surface area contributed by atoms with E-state index in [4.69, 9.17) is 9.72 Å². The second-order valence-electron chi connectivity index (χ2n) is 9.95. The van der Waals surface area contributed by atoms with Gasteiger partial charge in [0.2, 0.25) is 0 Å². The fourth-order valence-corrected chi connectivity index (χ4v) is 4.81. The summed E-state index contributed by atoms with van der Waals surface area (Å²) >= 11 is 0. The SMILES string of the molecule is COC(C)c1nc2c(c(C(C)C)c1C(=O)C1=CC=C(C(F)(F)F)CC1)[C@@H](O)CC(C)(C)C2. The van der Waals surface area contributed by atoms with Gasteiger partial charge < -0.3 is 9.84 Å². The van der Waals surface area contributed by atoms with Gasteiger partial charge in [-0.1, -0.05) is 39.8 Å². The van der Waals surface area contributed by atoms with E-state index in [9.17, 15) is 23.1 Å². The van der Waals surface area contributed by atoms with Crippen molar-refractivity contribution in [3.05, 3.63) is 51.4 Å². The minimum Gasteiger partial charge on any atom is -0.388 e. The second-order valence-corrected chi connectivity index (χ2v) is 9.95. The van der Waals surface area contributed by atoms with Crippen LogP contribution in [-0.2, 0) is 11.2 Å². The third-order valence-electron chi connectivity index (χ3n) is 6.46. The predicted octanol–water partition coefficient (Wildman–Crippen LogP) is 6.31. The molecule has 0 radical (unpaired) electrons. The molecule has 0 bridgehead atoms. The molecule has 0 aromatic carbocycles. The Labute approximate surface area is 187 Å². The Bertz CT molecular complexity index is 974. The minimum atomic E-state index is -4.39. The van der Waals surface area contributed by atoms with Crippen LogP contribution in [0.2, 0.25) is 0 Å². The highest BCUT2D eigenvalue weighted by molar-refractivity contribution is 6.11. The molecule has 2 aliphatic rings. The average molecular weight is 452 g/mol. The Morgan fingerprint density at radius 2 is 1.88 bits per heavy atom. The molecule has 0 amide bonds. The summed E-state index contributed by atoms with van der Waals surface area (Å²) in [7, 11) is 1.53. The molecular formula is C25H32F3NO3. The molecule has 4 nitrogen and oxygen atoms in total. The molecule has 0 saturated carbocycles. The Balaban J connectivity index is 2.23. The van der Waals surface area contributed by atoms with Gasteiger partial charge in [-0.3, -0.25) is 9.78 Å². The first-order valence-corrected chi connectivity index (χ1v) is 11.1. The van der Waals surface area contributed by atoms with Gasteiger partial charge in [0.25, 0.3) is 0 Å². The Morgan fingerprint density at radius 3 is 2.38 bits per heavy atom. The number of allylic oxidation sites excluding steroid dienone is 4. The van der Waals surface area contributed by atoms with Gasteiger partial charge in [0, 0.05) is 29.5 Å². The number of halogens is 3. The van der Waals surface area contributed by atoms with Crippen molar-refractivity contribution >= 4 is 5.78 Å². The van der Waals surface area contributed by atoms with E-state index in [1.165, 1.54) is 13.2 Å². The number of aliphatic hydroxyl groups is 1. The van der Waals surface area contributed by atoms with Gasteiger partial charge in [-0.15, -0.1) is 0 Å².